The fraction of sp³-hybridized carbons (Fsp3) is 0.556. The van der Waals surface area contributed by atoms with E-state index in [0.717, 1.165) is 31.2 Å². The van der Waals surface area contributed by atoms with Crippen molar-refractivity contribution in [2.75, 3.05) is 39.5 Å². The van der Waals surface area contributed by atoms with Crippen LogP contribution in [0.4, 0.5) is 0 Å². The van der Waals surface area contributed by atoms with Crippen LogP contribution in [0.15, 0.2) is 35.3 Å². The molecule has 1 fully saturated rings. The fourth-order valence-electron chi connectivity index (χ4n) is 2.49. The van der Waals surface area contributed by atoms with E-state index < -0.39 is 0 Å². The maximum atomic E-state index is 11.9. The second kappa shape index (κ2) is 9.57. The molecule has 1 aliphatic rings. The summed E-state index contributed by atoms with van der Waals surface area (Å²) in [5, 5.41) is 3.89. The molecule has 24 heavy (non-hydrogen) atoms. The van der Waals surface area contributed by atoms with Gasteiger partial charge in [-0.25, -0.2) is 4.99 Å². The minimum atomic E-state index is 0.0563. The second-order valence-electron chi connectivity index (χ2n) is 6.11. The molecule has 1 aliphatic heterocycles. The number of aliphatic imine (C=N–C) groups is 1. The van der Waals surface area contributed by atoms with Gasteiger partial charge in [0.15, 0.2) is 5.96 Å². The molecule has 1 atom stereocenters. The molecule has 0 aliphatic carbocycles. The monoisotopic (exact) mass is 348 g/mol. The molecular formula is C18H28N4OS. The Kier molecular flexibility index (Phi) is 7.43. The summed E-state index contributed by atoms with van der Waals surface area (Å²) in [6, 6.07) is 10.2. The summed E-state index contributed by atoms with van der Waals surface area (Å²) in [7, 11) is 3.55. The molecule has 2 rings (SSSR count). The first-order chi connectivity index (χ1) is 11.6. The van der Waals surface area contributed by atoms with Crippen LogP contribution in [0.3, 0.4) is 0 Å². The number of benzene rings is 1. The van der Waals surface area contributed by atoms with Gasteiger partial charge >= 0.3 is 0 Å². The molecule has 1 heterocycles. The number of hydrogen-bond acceptors (Lipinski definition) is 3. The summed E-state index contributed by atoms with van der Waals surface area (Å²) in [5.74, 6) is 2.00. The molecule has 1 unspecified atom stereocenters. The first-order valence-electron chi connectivity index (χ1n) is 8.49. The van der Waals surface area contributed by atoms with E-state index in [4.69, 9.17) is 4.99 Å². The van der Waals surface area contributed by atoms with E-state index in [-0.39, 0.29) is 12.5 Å². The quantitative estimate of drug-likeness (QED) is 0.653. The molecule has 1 aromatic carbocycles. The fourth-order valence-corrected chi connectivity index (χ4v) is 3.67. The lowest BCUT2D eigenvalue weighted by Crippen LogP contribution is -2.50. The average Bonchev–Trinajstić information content (AvgIpc) is 2.62. The zero-order valence-corrected chi connectivity index (χ0v) is 15.7. The molecule has 1 saturated heterocycles. The third-order valence-corrected chi connectivity index (χ3v) is 5.42. The van der Waals surface area contributed by atoms with E-state index in [0.29, 0.717) is 11.8 Å². The lowest BCUT2D eigenvalue weighted by Gasteiger charge is -2.34. The summed E-state index contributed by atoms with van der Waals surface area (Å²) in [5.41, 5.74) is 1.18. The van der Waals surface area contributed by atoms with Crippen LogP contribution in [-0.2, 0) is 11.3 Å². The van der Waals surface area contributed by atoms with E-state index in [9.17, 15) is 4.79 Å². The van der Waals surface area contributed by atoms with Crippen LogP contribution >= 0.6 is 11.8 Å². The van der Waals surface area contributed by atoms with Crippen molar-refractivity contribution < 1.29 is 4.79 Å². The third kappa shape index (κ3) is 5.74. The van der Waals surface area contributed by atoms with Crippen LogP contribution in [0.5, 0.6) is 0 Å². The molecule has 0 bridgehead atoms. The second-order valence-corrected chi connectivity index (χ2v) is 7.52. The van der Waals surface area contributed by atoms with Crippen LogP contribution in [0.1, 0.15) is 18.9 Å². The molecular weight excluding hydrogens is 320 g/mol. The van der Waals surface area contributed by atoms with Crippen molar-refractivity contribution in [1.29, 1.82) is 0 Å². The number of carbonyl (C=O) groups excluding carboxylic acids is 1. The third-order valence-electron chi connectivity index (χ3n) is 4.04. The van der Waals surface area contributed by atoms with Gasteiger partial charge in [-0.05, 0) is 12.0 Å². The Balaban J connectivity index is 2.06. The Labute approximate surface area is 149 Å². The predicted octanol–water partition coefficient (Wildman–Crippen LogP) is 2.05. The molecule has 132 valence electrons. The maximum absolute atomic E-state index is 11.9. The van der Waals surface area contributed by atoms with Crippen molar-refractivity contribution in [2.45, 2.75) is 25.1 Å². The molecule has 0 spiro atoms. The van der Waals surface area contributed by atoms with Gasteiger partial charge in [-0.1, -0.05) is 37.3 Å². The van der Waals surface area contributed by atoms with Gasteiger partial charge in [0, 0.05) is 38.2 Å². The van der Waals surface area contributed by atoms with Crippen molar-refractivity contribution in [3.05, 3.63) is 35.9 Å². The van der Waals surface area contributed by atoms with E-state index in [1.54, 1.807) is 19.0 Å². The minimum Gasteiger partial charge on any atom is -0.347 e. The molecule has 0 radical (unpaired) electrons. The number of hydrogen-bond donors (Lipinski definition) is 1. The van der Waals surface area contributed by atoms with Gasteiger partial charge in [-0.2, -0.15) is 11.8 Å². The molecule has 0 saturated carbocycles. The van der Waals surface area contributed by atoms with Crippen molar-refractivity contribution in [2.24, 2.45) is 4.99 Å². The van der Waals surface area contributed by atoms with Crippen molar-refractivity contribution >= 4 is 23.6 Å². The first kappa shape index (κ1) is 18.6. The Hall–Kier alpha value is -1.69. The van der Waals surface area contributed by atoms with Gasteiger partial charge in [-0.3, -0.25) is 4.79 Å². The Bertz CT molecular complexity index is 547. The van der Waals surface area contributed by atoms with E-state index in [2.05, 4.69) is 29.3 Å². The Morgan fingerprint density at radius 1 is 1.38 bits per heavy atom. The predicted molar refractivity (Wildman–Crippen MR) is 102 cm³/mol. The molecule has 5 nitrogen and oxygen atoms in total. The summed E-state index contributed by atoms with van der Waals surface area (Å²) >= 11 is 2.03. The Morgan fingerprint density at radius 2 is 2.12 bits per heavy atom. The molecule has 1 N–H and O–H groups in total. The van der Waals surface area contributed by atoms with Gasteiger partial charge in [0.05, 0.1) is 13.1 Å². The largest absolute Gasteiger partial charge is 0.347 e. The molecule has 0 aromatic heterocycles. The highest BCUT2D eigenvalue weighted by Crippen LogP contribution is 2.21. The zero-order valence-electron chi connectivity index (χ0n) is 14.9. The van der Waals surface area contributed by atoms with Crippen LogP contribution in [0, 0.1) is 0 Å². The summed E-state index contributed by atoms with van der Waals surface area (Å²) in [6.45, 7) is 5.08. The average molecular weight is 349 g/mol. The highest BCUT2D eigenvalue weighted by molar-refractivity contribution is 8.00. The number of nitrogens with zero attached hydrogens (tertiary/aromatic N) is 3. The van der Waals surface area contributed by atoms with Crippen LogP contribution in [0.25, 0.3) is 0 Å². The number of thioether (sulfide) groups is 1. The van der Waals surface area contributed by atoms with Crippen LogP contribution < -0.4 is 5.32 Å². The lowest BCUT2D eigenvalue weighted by atomic mass is 10.2. The normalized spacial score (nSPS) is 18.4. The number of likely N-dealkylation sites (N-methyl/N-ethyl adjacent to an activating group) is 1. The van der Waals surface area contributed by atoms with Gasteiger partial charge < -0.3 is 15.1 Å². The number of amides is 1. The number of rotatable bonds is 5. The molecule has 6 heteroatoms. The Morgan fingerprint density at radius 3 is 2.79 bits per heavy atom. The van der Waals surface area contributed by atoms with Crippen molar-refractivity contribution in [1.82, 2.24) is 15.1 Å². The summed E-state index contributed by atoms with van der Waals surface area (Å²) < 4.78 is 0. The highest BCUT2D eigenvalue weighted by Gasteiger charge is 2.22. The molecule has 1 aromatic rings. The standard InChI is InChI=1S/C18H28N4OS/c1-4-16-14-22(10-11-24-16)18(20-13-17(23)21(2)3)19-12-15-8-6-5-7-9-15/h5-9,16H,4,10-14H2,1-3H3,(H,19,20). The van der Waals surface area contributed by atoms with Crippen molar-refractivity contribution in [3.8, 4) is 0 Å². The van der Waals surface area contributed by atoms with Gasteiger partial charge in [0.1, 0.15) is 0 Å². The first-order valence-corrected chi connectivity index (χ1v) is 9.54. The summed E-state index contributed by atoms with van der Waals surface area (Å²) in [4.78, 5) is 20.6. The lowest BCUT2D eigenvalue weighted by molar-refractivity contribution is -0.127. The number of nitrogens with one attached hydrogen (secondary N) is 1. The minimum absolute atomic E-state index is 0.0563. The highest BCUT2D eigenvalue weighted by atomic mass is 32.2. The van der Waals surface area contributed by atoms with Gasteiger partial charge in [0.25, 0.3) is 0 Å². The SMILES string of the molecule is CCC1CN(C(=NCc2ccccc2)NCC(=O)N(C)C)CCS1. The van der Waals surface area contributed by atoms with Gasteiger partial charge in [0.2, 0.25) is 5.91 Å². The van der Waals surface area contributed by atoms with E-state index >= 15 is 0 Å². The zero-order chi connectivity index (χ0) is 17.4. The molecule has 1 amide bonds. The number of guanidine groups is 1. The summed E-state index contributed by atoms with van der Waals surface area (Å²) in [6.07, 6.45) is 1.16. The smallest absolute Gasteiger partial charge is 0.241 e. The van der Waals surface area contributed by atoms with E-state index in [1.165, 1.54) is 5.56 Å². The maximum Gasteiger partial charge on any atom is 0.241 e. The van der Waals surface area contributed by atoms with Crippen molar-refractivity contribution in [3.63, 3.8) is 0 Å². The topological polar surface area (TPSA) is 47.9 Å². The van der Waals surface area contributed by atoms with Gasteiger partial charge in [-0.15, -0.1) is 0 Å². The number of carbonyl (C=O) groups is 1. The van der Waals surface area contributed by atoms with Crippen LogP contribution in [-0.4, -0.2) is 66.4 Å². The van der Waals surface area contributed by atoms with E-state index in [1.807, 2.05) is 30.0 Å². The van der Waals surface area contributed by atoms with Crippen LogP contribution in [0.2, 0.25) is 0 Å².